The molecule has 0 aliphatic rings. The van der Waals surface area contributed by atoms with Gasteiger partial charge in [-0.05, 0) is 13.8 Å². The van der Waals surface area contributed by atoms with Gasteiger partial charge in [-0.1, -0.05) is 5.16 Å². The molecule has 0 aromatic carbocycles. The normalized spacial score (nSPS) is 12.1. The SMILES string of the molecule is Cc1noc(C)c1C(=O)N=c1sccn1C. The van der Waals surface area contributed by atoms with Gasteiger partial charge in [-0.25, -0.2) is 0 Å². The lowest BCUT2D eigenvalue weighted by Crippen LogP contribution is -2.13. The molecular formula is C10H11N3O2S. The number of thiazole rings is 1. The largest absolute Gasteiger partial charge is 0.361 e. The van der Waals surface area contributed by atoms with Crippen LogP contribution in [-0.4, -0.2) is 15.6 Å². The highest BCUT2D eigenvalue weighted by atomic mass is 32.1. The average molecular weight is 237 g/mol. The van der Waals surface area contributed by atoms with E-state index in [1.54, 1.807) is 18.4 Å². The van der Waals surface area contributed by atoms with Crippen LogP contribution in [0, 0.1) is 13.8 Å². The minimum Gasteiger partial charge on any atom is -0.361 e. The van der Waals surface area contributed by atoms with Crippen LogP contribution in [0.15, 0.2) is 21.1 Å². The molecule has 0 saturated carbocycles. The van der Waals surface area contributed by atoms with Crippen LogP contribution in [0.3, 0.4) is 0 Å². The molecule has 0 aliphatic carbocycles. The lowest BCUT2D eigenvalue weighted by atomic mass is 10.2. The van der Waals surface area contributed by atoms with Crippen molar-refractivity contribution in [3.05, 3.63) is 33.4 Å². The summed E-state index contributed by atoms with van der Waals surface area (Å²) in [4.78, 5) is 16.6. The Kier molecular flexibility index (Phi) is 2.74. The van der Waals surface area contributed by atoms with E-state index in [0.29, 0.717) is 21.8 Å². The molecule has 0 bridgehead atoms. The Morgan fingerprint density at radius 3 is 2.81 bits per heavy atom. The number of hydrogen-bond donors (Lipinski definition) is 0. The quantitative estimate of drug-likeness (QED) is 0.753. The molecule has 5 nitrogen and oxygen atoms in total. The van der Waals surface area contributed by atoms with Crippen LogP contribution >= 0.6 is 11.3 Å². The molecule has 84 valence electrons. The van der Waals surface area contributed by atoms with Gasteiger partial charge >= 0.3 is 0 Å². The molecule has 16 heavy (non-hydrogen) atoms. The summed E-state index contributed by atoms with van der Waals surface area (Å²) in [5, 5.41) is 5.60. The van der Waals surface area contributed by atoms with Crippen LogP contribution in [0.4, 0.5) is 0 Å². The maximum atomic E-state index is 11.9. The van der Waals surface area contributed by atoms with Gasteiger partial charge in [0.05, 0.1) is 5.69 Å². The van der Waals surface area contributed by atoms with Crippen LogP contribution in [-0.2, 0) is 7.05 Å². The molecule has 2 heterocycles. The van der Waals surface area contributed by atoms with Gasteiger partial charge in [0.15, 0.2) is 4.80 Å². The zero-order valence-corrected chi connectivity index (χ0v) is 10.0. The third-order valence-electron chi connectivity index (χ3n) is 2.20. The Labute approximate surface area is 96.0 Å². The summed E-state index contributed by atoms with van der Waals surface area (Å²) in [6.07, 6.45) is 1.85. The van der Waals surface area contributed by atoms with Crippen molar-refractivity contribution in [1.82, 2.24) is 9.72 Å². The molecule has 0 spiro atoms. The molecule has 0 fully saturated rings. The zero-order chi connectivity index (χ0) is 11.7. The first-order valence-corrected chi connectivity index (χ1v) is 5.59. The van der Waals surface area contributed by atoms with E-state index in [1.165, 1.54) is 11.3 Å². The van der Waals surface area contributed by atoms with E-state index in [4.69, 9.17) is 4.52 Å². The van der Waals surface area contributed by atoms with Crippen molar-refractivity contribution in [2.75, 3.05) is 0 Å². The summed E-state index contributed by atoms with van der Waals surface area (Å²) in [7, 11) is 1.84. The predicted molar refractivity (Wildman–Crippen MR) is 59.2 cm³/mol. The molecule has 0 saturated heterocycles. The van der Waals surface area contributed by atoms with Gasteiger partial charge in [0.25, 0.3) is 5.91 Å². The number of hydrogen-bond acceptors (Lipinski definition) is 4. The maximum Gasteiger partial charge on any atom is 0.285 e. The van der Waals surface area contributed by atoms with Gasteiger partial charge in [-0.3, -0.25) is 4.79 Å². The fourth-order valence-electron chi connectivity index (χ4n) is 1.37. The summed E-state index contributed by atoms with van der Waals surface area (Å²) >= 11 is 1.41. The molecule has 1 amide bonds. The van der Waals surface area contributed by atoms with Gasteiger partial charge in [0, 0.05) is 18.6 Å². The van der Waals surface area contributed by atoms with E-state index >= 15 is 0 Å². The molecule has 0 atom stereocenters. The Morgan fingerprint density at radius 2 is 2.31 bits per heavy atom. The highest BCUT2D eigenvalue weighted by Gasteiger charge is 2.16. The number of nitrogens with zero attached hydrogens (tertiary/aromatic N) is 3. The highest BCUT2D eigenvalue weighted by molar-refractivity contribution is 7.07. The number of rotatable bonds is 1. The van der Waals surface area contributed by atoms with E-state index in [0.717, 1.165) is 0 Å². The number of aromatic nitrogens is 2. The highest BCUT2D eigenvalue weighted by Crippen LogP contribution is 2.12. The molecule has 0 N–H and O–H groups in total. The van der Waals surface area contributed by atoms with Crippen LogP contribution in [0.2, 0.25) is 0 Å². The van der Waals surface area contributed by atoms with Gasteiger partial charge in [0.2, 0.25) is 0 Å². The summed E-state index contributed by atoms with van der Waals surface area (Å²) in [5.74, 6) is 0.194. The van der Waals surface area contributed by atoms with Crippen molar-refractivity contribution in [3.63, 3.8) is 0 Å². The number of carbonyl (C=O) groups excluding carboxylic acids is 1. The molecule has 2 rings (SSSR count). The first-order valence-electron chi connectivity index (χ1n) is 4.71. The van der Waals surface area contributed by atoms with Crippen molar-refractivity contribution >= 4 is 17.2 Å². The Bertz CT molecular complexity index is 572. The monoisotopic (exact) mass is 237 g/mol. The molecular weight excluding hydrogens is 226 g/mol. The van der Waals surface area contributed by atoms with Gasteiger partial charge in [-0.2, -0.15) is 4.99 Å². The van der Waals surface area contributed by atoms with E-state index in [-0.39, 0.29) is 5.91 Å². The average Bonchev–Trinajstić information content (AvgIpc) is 2.75. The van der Waals surface area contributed by atoms with Crippen molar-refractivity contribution in [2.24, 2.45) is 12.0 Å². The lowest BCUT2D eigenvalue weighted by molar-refractivity contribution is 0.0996. The number of amides is 1. The first-order chi connectivity index (χ1) is 7.59. The Morgan fingerprint density at radius 1 is 1.56 bits per heavy atom. The molecule has 6 heteroatoms. The molecule has 0 unspecified atom stereocenters. The number of carbonyl (C=O) groups is 1. The van der Waals surface area contributed by atoms with Crippen LogP contribution < -0.4 is 4.80 Å². The van der Waals surface area contributed by atoms with E-state index < -0.39 is 0 Å². The Balaban J connectivity index is 2.46. The van der Waals surface area contributed by atoms with Crippen molar-refractivity contribution in [3.8, 4) is 0 Å². The van der Waals surface area contributed by atoms with Crippen molar-refractivity contribution in [1.29, 1.82) is 0 Å². The van der Waals surface area contributed by atoms with Crippen LogP contribution in [0.1, 0.15) is 21.8 Å². The molecule has 2 aromatic rings. The fraction of sp³-hybridized carbons (Fsp3) is 0.300. The second kappa shape index (κ2) is 4.05. The predicted octanol–water partition coefficient (Wildman–Crippen LogP) is 1.43. The van der Waals surface area contributed by atoms with Crippen LogP contribution in [0.25, 0.3) is 0 Å². The second-order valence-corrected chi connectivity index (χ2v) is 4.29. The van der Waals surface area contributed by atoms with Crippen LogP contribution in [0.5, 0.6) is 0 Å². The second-order valence-electron chi connectivity index (χ2n) is 3.41. The van der Waals surface area contributed by atoms with Gasteiger partial charge < -0.3 is 9.09 Å². The Hall–Kier alpha value is -1.69. The molecule has 2 aromatic heterocycles. The topological polar surface area (TPSA) is 60.4 Å². The number of aryl methyl sites for hydroxylation is 3. The van der Waals surface area contributed by atoms with Gasteiger partial charge in [-0.15, -0.1) is 11.3 Å². The summed E-state index contributed by atoms with van der Waals surface area (Å²) in [6.45, 7) is 3.44. The third kappa shape index (κ3) is 1.83. The fourth-order valence-corrected chi connectivity index (χ4v) is 2.09. The van der Waals surface area contributed by atoms with E-state index in [1.807, 2.05) is 18.6 Å². The minimum absolute atomic E-state index is 0.311. The standard InChI is InChI=1S/C10H11N3O2S/c1-6-8(7(2)15-12-6)9(14)11-10-13(3)4-5-16-10/h4-5H,1-3H3. The first kappa shape index (κ1) is 10.8. The smallest absolute Gasteiger partial charge is 0.285 e. The third-order valence-corrected chi connectivity index (χ3v) is 3.05. The summed E-state index contributed by atoms with van der Waals surface area (Å²) < 4.78 is 6.72. The maximum absolute atomic E-state index is 11.9. The van der Waals surface area contributed by atoms with Gasteiger partial charge in [0.1, 0.15) is 11.3 Å². The molecule has 0 radical (unpaired) electrons. The zero-order valence-electron chi connectivity index (χ0n) is 9.22. The van der Waals surface area contributed by atoms with E-state index in [9.17, 15) is 4.79 Å². The minimum atomic E-state index is -0.311. The van der Waals surface area contributed by atoms with Crippen molar-refractivity contribution < 1.29 is 9.32 Å². The van der Waals surface area contributed by atoms with Crippen molar-refractivity contribution in [2.45, 2.75) is 13.8 Å². The summed E-state index contributed by atoms with van der Waals surface area (Å²) in [6, 6.07) is 0. The lowest BCUT2D eigenvalue weighted by Gasteiger charge is -1.92. The summed E-state index contributed by atoms with van der Waals surface area (Å²) in [5.41, 5.74) is 1.03. The molecule has 0 aliphatic heterocycles. The van der Waals surface area contributed by atoms with E-state index in [2.05, 4.69) is 10.1 Å².